The Bertz CT molecular complexity index is 266. The quantitative estimate of drug-likeness (QED) is 0.575. The molecule has 1 aromatic carbocycles. The van der Waals surface area contributed by atoms with Crippen molar-refractivity contribution in [3.63, 3.8) is 0 Å². The maximum Gasteiger partial charge on any atom is 0.204 e. The van der Waals surface area contributed by atoms with E-state index in [2.05, 4.69) is 0 Å². The van der Waals surface area contributed by atoms with Gasteiger partial charge in [0.2, 0.25) is 5.43 Å². The molecular formula is C8H9NO. The molecule has 0 bridgehead atoms. The van der Waals surface area contributed by atoms with Crippen molar-refractivity contribution < 1.29 is 0 Å². The molecule has 2 nitrogen and oxygen atoms in total. The lowest BCUT2D eigenvalue weighted by molar-refractivity contribution is 1.43. The third-order valence-electron chi connectivity index (χ3n) is 1.35. The fourth-order valence-corrected chi connectivity index (χ4v) is 0.738. The molecule has 0 aliphatic heterocycles. The third-order valence-corrected chi connectivity index (χ3v) is 1.35. The SMILES string of the molecule is Cc1ccccc(N)c1=O. The van der Waals surface area contributed by atoms with E-state index in [9.17, 15) is 4.79 Å². The number of anilines is 1. The van der Waals surface area contributed by atoms with Gasteiger partial charge in [0.15, 0.2) is 0 Å². The molecule has 0 atom stereocenters. The Hall–Kier alpha value is -1.31. The monoisotopic (exact) mass is 135 g/mol. The molecule has 1 aromatic rings. The van der Waals surface area contributed by atoms with E-state index in [4.69, 9.17) is 5.73 Å². The first kappa shape index (κ1) is 6.81. The second kappa shape index (κ2) is 2.52. The molecule has 0 aliphatic rings. The van der Waals surface area contributed by atoms with Gasteiger partial charge in [0, 0.05) is 0 Å². The summed E-state index contributed by atoms with van der Waals surface area (Å²) in [5.74, 6) is 0. The van der Waals surface area contributed by atoms with Gasteiger partial charge in [-0.2, -0.15) is 0 Å². The Morgan fingerprint density at radius 1 is 1.30 bits per heavy atom. The average molecular weight is 135 g/mol. The fourth-order valence-electron chi connectivity index (χ4n) is 0.738. The van der Waals surface area contributed by atoms with Crippen molar-refractivity contribution in [3.8, 4) is 0 Å². The number of hydrogen-bond donors (Lipinski definition) is 1. The summed E-state index contributed by atoms with van der Waals surface area (Å²) >= 11 is 0. The van der Waals surface area contributed by atoms with Gasteiger partial charge in [-0.05, 0) is 18.6 Å². The van der Waals surface area contributed by atoms with Gasteiger partial charge in [-0.25, -0.2) is 0 Å². The third kappa shape index (κ3) is 1.16. The van der Waals surface area contributed by atoms with E-state index in [0.717, 1.165) is 0 Å². The van der Waals surface area contributed by atoms with Crippen LogP contribution >= 0.6 is 0 Å². The average Bonchev–Trinajstić information content (AvgIpc) is 2.04. The van der Waals surface area contributed by atoms with Crippen LogP contribution in [0.3, 0.4) is 0 Å². The number of nitrogens with two attached hydrogens (primary N) is 1. The molecular weight excluding hydrogens is 126 g/mol. The van der Waals surface area contributed by atoms with Gasteiger partial charge in [0.05, 0.1) is 5.69 Å². The van der Waals surface area contributed by atoms with E-state index in [1.54, 1.807) is 31.2 Å². The molecule has 0 amide bonds. The number of rotatable bonds is 0. The van der Waals surface area contributed by atoms with Gasteiger partial charge in [0.1, 0.15) is 0 Å². The minimum absolute atomic E-state index is 0.0787. The van der Waals surface area contributed by atoms with Crippen molar-refractivity contribution in [2.75, 3.05) is 5.73 Å². The van der Waals surface area contributed by atoms with Crippen molar-refractivity contribution in [1.82, 2.24) is 0 Å². The minimum atomic E-state index is -0.0787. The summed E-state index contributed by atoms with van der Waals surface area (Å²) in [6.45, 7) is 1.75. The molecule has 10 heavy (non-hydrogen) atoms. The number of aryl methyl sites for hydroxylation is 1. The highest BCUT2D eigenvalue weighted by atomic mass is 16.1. The Balaban J connectivity index is 3.53. The largest absolute Gasteiger partial charge is 0.396 e. The van der Waals surface area contributed by atoms with Gasteiger partial charge in [-0.15, -0.1) is 0 Å². The Morgan fingerprint density at radius 3 is 2.60 bits per heavy atom. The Morgan fingerprint density at radius 2 is 1.90 bits per heavy atom. The van der Waals surface area contributed by atoms with Gasteiger partial charge in [0.25, 0.3) is 0 Å². The summed E-state index contributed by atoms with van der Waals surface area (Å²) in [6, 6.07) is 6.91. The van der Waals surface area contributed by atoms with Crippen LogP contribution in [0.4, 0.5) is 5.69 Å². The first-order valence-corrected chi connectivity index (χ1v) is 3.07. The van der Waals surface area contributed by atoms with Crippen LogP contribution < -0.4 is 11.2 Å². The number of hydrogen-bond acceptors (Lipinski definition) is 2. The molecule has 0 spiro atoms. The molecule has 0 heterocycles. The number of nitrogen functional groups attached to an aromatic ring is 1. The molecule has 0 saturated heterocycles. The molecule has 2 heteroatoms. The highest BCUT2D eigenvalue weighted by molar-refractivity contribution is 5.38. The normalized spacial score (nSPS) is 9.30. The lowest BCUT2D eigenvalue weighted by atomic mass is 10.3. The molecule has 0 saturated carbocycles. The molecule has 0 aliphatic carbocycles. The predicted molar refractivity (Wildman–Crippen MR) is 41.9 cm³/mol. The summed E-state index contributed by atoms with van der Waals surface area (Å²) < 4.78 is 0. The second-order valence-corrected chi connectivity index (χ2v) is 2.19. The van der Waals surface area contributed by atoms with E-state index in [-0.39, 0.29) is 5.43 Å². The van der Waals surface area contributed by atoms with Gasteiger partial charge in [-0.1, -0.05) is 18.2 Å². The summed E-state index contributed by atoms with van der Waals surface area (Å²) in [5, 5.41) is 0. The molecule has 52 valence electrons. The van der Waals surface area contributed by atoms with Crippen molar-refractivity contribution in [3.05, 3.63) is 40.1 Å². The second-order valence-electron chi connectivity index (χ2n) is 2.19. The van der Waals surface area contributed by atoms with Crippen LogP contribution in [-0.4, -0.2) is 0 Å². The van der Waals surface area contributed by atoms with E-state index in [1.165, 1.54) is 0 Å². The zero-order valence-electron chi connectivity index (χ0n) is 5.79. The van der Waals surface area contributed by atoms with Gasteiger partial charge in [-0.3, -0.25) is 4.79 Å². The van der Waals surface area contributed by atoms with E-state index < -0.39 is 0 Å². The summed E-state index contributed by atoms with van der Waals surface area (Å²) in [6.07, 6.45) is 0. The molecule has 0 unspecified atom stereocenters. The van der Waals surface area contributed by atoms with Gasteiger partial charge >= 0.3 is 0 Å². The molecule has 0 radical (unpaired) electrons. The molecule has 1 rings (SSSR count). The molecule has 2 N–H and O–H groups in total. The predicted octanol–water partition coefficient (Wildman–Crippen LogP) is 0.937. The van der Waals surface area contributed by atoms with Crippen LogP contribution in [0.25, 0.3) is 0 Å². The van der Waals surface area contributed by atoms with E-state index in [1.807, 2.05) is 0 Å². The summed E-state index contributed by atoms with van der Waals surface area (Å²) in [5.41, 5.74) is 6.30. The van der Waals surface area contributed by atoms with E-state index in [0.29, 0.717) is 11.3 Å². The lowest BCUT2D eigenvalue weighted by Crippen LogP contribution is -2.06. The maximum atomic E-state index is 11.0. The maximum absolute atomic E-state index is 11.0. The van der Waals surface area contributed by atoms with Crippen LogP contribution in [0.15, 0.2) is 29.1 Å². The van der Waals surface area contributed by atoms with Crippen molar-refractivity contribution in [2.24, 2.45) is 0 Å². The summed E-state index contributed by atoms with van der Waals surface area (Å²) in [4.78, 5) is 11.0. The fraction of sp³-hybridized carbons (Fsp3) is 0.125. The zero-order valence-corrected chi connectivity index (χ0v) is 5.79. The smallest absolute Gasteiger partial charge is 0.204 e. The lowest BCUT2D eigenvalue weighted by Gasteiger charge is -1.82. The van der Waals surface area contributed by atoms with Crippen LogP contribution in [-0.2, 0) is 0 Å². The highest BCUT2D eigenvalue weighted by Gasteiger charge is 1.91. The van der Waals surface area contributed by atoms with Crippen molar-refractivity contribution >= 4 is 5.69 Å². The van der Waals surface area contributed by atoms with Crippen LogP contribution in [0.1, 0.15) is 5.56 Å². The molecule has 0 aromatic heterocycles. The first-order chi connectivity index (χ1) is 4.72. The first-order valence-electron chi connectivity index (χ1n) is 3.07. The molecule has 0 fully saturated rings. The highest BCUT2D eigenvalue weighted by Crippen LogP contribution is 1.93. The summed E-state index contributed by atoms with van der Waals surface area (Å²) in [7, 11) is 0. The van der Waals surface area contributed by atoms with Gasteiger partial charge < -0.3 is 5.73 Å². The standard InChI is InChI=1S/C8H9NO/c1-6-4-2-3-5-7(9)8(6)10/h2-5H,1H3,(H2,9,10). The Labute approximate surface area is 59.3 Å². The van der Waals surface area contributed by atoms with Crippen LogP contribution in [0.5, 0.6) is 0 Å². The van der Waals surface area contributed by atoms with Crippen molar-refractivity contribution in [1.29, 1.82) is 0 Å². The minimum Gasteiger partial charge on any atom is -0.396 e. The van der Waals surface area contributed by atoms with Crippen LogP contribution in [0, 0.1) is 6.92 Å². The Kier molecular flexibility index (Phi) is 1.71. The van der Waals surface area contributed by atoms with Crippen LogP contribution in [0.2, 0.25) is 0 Å². The van der Waals surface area contributed by atoms with Crippen molar-refractivity contribution in [2.45, 2.75) is 6.92 Å². The topological polar surface area (TPSA) is 43.1 Å². The zero-order chi connectivity index (χ0) is 7.56. The van der Waals surface area contributed by atoms with E-state index >= 15 is 0 Å².